The third-order valence-corrected chi connectivity index (χ3v) is 4.66. The average molecular weight is 347 g/mol. The predicted octanol–water partition coefficient (Wildman–Crippen LogP) is 3.34. The number of aromatic nitrogens is 4. The van der Waals surface area contributed by atoms with Gasteiger partial charge in [-0.1, -0.05) is 41.6 Å². The monoisotopic (exact) mass is 346 g/mol. The zero-order valence-electron chi connectivity index (χ0n) is 11.8. The molecule has 3 aromatic rings. The third kappa shape index (κ3) is 2.85. The number of hydrogen-bond donors (Lipinski definition) is 0. The van der Waals surface area contributed by atoms with Crippen LogP contribution in [0.3, 0.4) is 0 Å². The van der Waals surface area contributed by atoms with Crippen LogP contribution in [-0.2, 0) is 5.75 Å². The second-order valence-electron chi connectivity index (χ2n) is 4.79. The fourth-order valence-electron chi connectivity index (χ4n) is 2.21. The number of fused-ring (bicyclic) bond motifs is 1. The Hall–Kier alpha value is -2.25. The molecular formula is C15H11ClN4O2S. The smallest absolute Gasteiger partial charge is 0.231 e. The van der Waals surface area contributed by atoms with Crippen LogP contribution in [0, 0.1) is 0 Å². The lowest BCUT2D eigenvalue weighted by Crippen LogP contribution is -1.98. The second kappa shape index (κ2) is 6.10. The van der Waals surface area contributed by atoms with Crippen LogP contribution in [0.15, 0.2) is 47.6 Å². The summed E-state index contributed by atoms with van der Waals surface area (Å²) in [7, 11) is 0. The van der Waals surface area contributed by atoms with E-state index in [1.54, 1.807) is 10.7 Å². The number of tetrazole rings is 1. The van der Waals surface area contributed by atoms with Gasteiger partial charge in [-0.05, 0) is 34.2 Å². The van der Waals surface area contributed by atoms with Crippen LogP contribution in [0.1, 0.15) is 5.56 Å². The highest BCUT2D eigenvalue weighted by molar-refractivity contribution is 7.98. The standard InChI is InChI=1S/C15H11ClN4O2S/c16-12-7-14-13(21-9-22-14)6-10(12)8-23-15-17-18-19-20(15)11-4-2-1-3-5-11/h1-7H,8-9H2. The van der Waals surface area contributed by atoms with E-state index in [9.17, 15) is 0 Å². The van der Waals surface area contributed by atoms with E-state index >= 15 is 0 Å². The molecule has 0 fully saturated rings. The number of benzene rings is 2. The van der Waals surface area contributed by atoms with Gasteiger partial charge in [0.15, 0.2) is 11.5 Å². The van der Waals surface area contributed by atoms with Crippen molar-refractivity contribution < 1.29 is 9.47 Å². The van der Waals surface area contributed by atoms with Crippen molar-refractivity contribution in [2.75, 3.05) is 6.79 Å². The van der Waals surface area contributed by atoms with Crippen LogP contribution in [-0.4, -0.2) is 27.0 Å². The van der Waals surface area contributed by atoms with E-state index in [0.29, 0.717) is 27.4 Å². The van der Waals surface area contributed by atoms with Gasteiger partial charge in [-0.2, -0.15) is 4.68 Å². The lowest BCUT2D eigenvalue weighted by molar-refractivity contribution is 0.174. The highest BCUT2D eigenvalue weighted by Crippen LogP contribution is 2.38. The van der Waals surface area contributed by atoms with Crippen molar-refractivity contribution in [2.24, 2.45) is 0 Å². The van der Waals surface area contributed by atoms with Crippen molar-refractivity contribution in [1.82, 2.24) is 20.2 Å². The van der Waals surface area contributed by atoms with E-state index in [0.717, 1.165) is 11.3 Å². The molecule has 1 aliphatic rings. The molecule has 0 bridgehead atoms. The van der Waals surface area contributed by atoms with Crippen LogP contribution < -0.4 is 9.47 Å². The summed E-state index contributed by atoms with van der Waals surface area (Å²) in [5, 5.41) is 13.2. The van der Waals surface area contributed by atoms with E-state index in [4.69, 9.17) is 21.1 Å². The van der Waals surface area contributed by atoms with E-state index in [1.165, 1.54) is 11.8 Å². The summed E-state index contributed by atoms with van der Waals surface area (Å²) in [6.07, 6.45) is 0. The number of nitrogens with zero attached hydrogens (tertiary/aromatic N) is 4. The molecule has 4 rings (SSSR count). The van der Waals surface area contributed by atoms with Crippen molar-refractivity contribution in [2.45, 2.75) is 10.9 Å². The van der Waals surface area contributed by atoms with Crippen molar-refractivity contribution >= 4 is 23.4 Å². The number of para-hydroxylation sites is 1. The van der Waals surface area contributed by atoms with Crippen molar-refractivity contribution in [3.8, 4) is 17.2 Å². The zero-order chi connectivity index (χ0) is 15.6. The number of thioether (sulfide) groups is 1. The van der Waals surface area contributed by atoms with Gasteiger partial charge in [-0.3, -0.25) is 0 Å². The minimum Gasteiger partial charge on any atom is -0.454 e. The summed E-state index contributed by atoms with van der Waals surface area (Å²) in [6, 6.07) is 13.4. The second-order valence-corrected chi connectivity index (χ2v) is 6.14. The SMILES string of the molecule is Clc1cc2c(cc1CSc1nnnn1-c1ccccc1)OCO2. The largest absolute Gasteiger partial charge is 0.454 e. The number of ether oxygens (including phenoxy) is 2. The van der Waals surface area contributed by atoms with E-state index in [2.05, 4.69) is 15.5 Å². The lowest BCUT2D eigenvalue weighted by atomic mass is 10.2. The summed E-state index contributed by atoms with van der Waals surface area (Å²) >= 11 is 7.80. The molecule has 23 heavy (non-hydrogen) atoms. The maximum Gasteiger partial charge on any atom is 0.231 e. The summed E-state index contributed by atoms with van der Waals surface area (Å²) in [5.74, 6) is 2.02. The van der Waals surface area contributed by atoms with Crippen LogP contribution in [0.2, 0.25) is 5.02 Å². The van der Waals surface area contributed by atoms with Crippen LogP contribution in [0.4, 0.5) is 0 Å². The van der Waals surface area contributed by atoms with Crippen LogP contribution in [0.5, 0.6) is 11.5 Å². The fraction of sp³-hybridized carbons (Fsp3) is 0.133. The molecule has 2 heterocycles. The number of rotatable bonds is 4. The molecule has 0 unspecified atom stereocenters. The Kier molecular flexibility index (Phi) is 3.80. The maximum atomic E-state index is 6.30. The van der Waals surface area contributed by atoms with Crippen molar-refractivity contribution in [3.05, 3.63) is 53.1 Å². The molecule has 0 aliphatic carbocycles. The van der Waals surface area contributed by atoms with Gasteiger partial charge in [0.25, 0.3) is 0 Å². The van der Waals surface area contributed by atoms with E-state index in [1.807, 2.05) is 36.4 Å². The summed E-state index contributed by atoms with van der Waals surface area (Å²) in [6.45, 7) is 0.231. The number of hydrogen-bond acceptors (Lipinski definition) is 6. The first-order valence-corrected chi connectivity index (χ1v) is 8.22. The molecule has 0 amide bonds. The Balaban J connectivity index is 1.56. The number of halogens is 1. The molecule has 0 N–H and O–H groups in total. The first kappa shape index (κ1) is 14.3. The van der Waals surface area contributed by atoms with Gasteiger partial charge in [-0.25, -0.2) is 0 Å². The zero-order valence-corrected chi connectivity index (χ0v) is 13.4. The lowest BCUT2D eigenvalue weighted by Gasteiger charge is -2.06. The molecule has 0 saturated carbocycles. The highest BCUT2D eigenvalue weighted by atomic mass is 35.5. The maximum absolute atomic E-state index is 6.30. The Morgan fingerprint density at radius 1 is 1.13 bits per heavy atom. The Bertz CT molecular complexity index is 841. The van der Waals surface area contributed by atoms with Gasteiger partial charge >= 0.3 is 0 Å². The predicted molar refractivity (Wildman–Crippen MR) is 86.3 cm³/mol. The summed E-state index contributed by atoms with van der Waals surface area (Å²) < 4.78 is 12.4. The summed E-state index contributed by atoms with van der Waals surface area (Å²) in [5.41, 5.74) is 1.86. The Morgan fingerprint density at radius 2 is 1.91 bits per heavy atom. The minimum atomic E-state index is 0.231. The van der Waals surface area contributed by atoms with Gasteiger partial charge in [0.2, 0.25) is 11.9 Å². The van der Waals surface area contributed by atoms with Gasteiger partial charge in [0.05, 0.1) is 5.69 Å². The molecular weight excluding hydrogens is 336 g/mol. The van der Waals surface area contributed by atoms with Gasteiger partial charge in [-0.15, -0.1) is 5.10 Å². The molecule has 0 spiro atoms. The molecule has 8 heteroatoms. The topological polar surface area (TPSA) is 62.1 Å². The van der Waals surface area contributed by atoms with Gasteiger partial charge in [0, 0.05) is 16.8 Å². The third-order valence-electron chi connectivity index (χ3n) is 3.34. The molecule has 1 aliphatic heterocycles. The first-order chi connectivity index (χ1) is 11.3. The highest BCUT2D eigenvalue weighted by Gasteiger charge is 2.17. The quantitative estimate of drug-likeness (QED) is 0.675. The molecule has 1 aromatic heterocycles. The van der Waals surface area contributed by atoms with E-state index < -0.39 is 0 Å². The molecule has 0 saturated heterocycles. The van der Waals surface area contributed by atoms with Gasteiger partial charge < -0.3 is 9.47 Å². The van der Waals surface area contributed by atoms with Crippen molar-refractivity contribution in [3.63, 3.8) is 0 Å². The molecule has 116 valence electrons. The minimum absolute atomic E-state index is 0.231. The first-order valence-electron chi connectivity index (χ1n) is 6.86. The van der Waals surface area contributed by atoms with Crippen LogP contribution in [0.25, 0.3) is 5.69 Å². The molecule has 0 atom stereocenters. The molecule has 2 aromatic carbocycles. The molecule has 6 nitrogen and oxygen atoms in total. The van der Waals surface area contributed by atoms with Crippen LogP contribution >= 0.6 is 23.4 Å². The fourth-order valence-corrected chi connectivity index (χ4v) is 3.39. The summed E-state index contributed by atoms with van der Waals surface area (Å²) in [4.78, 5) is 0. The Labute approximate surface area is 141 Å². The van der Waals surface area contributed by atoms with Crippen molar-refractivity contribution in [1.29, 1.82) is 0 Å². The van der Waals surface area contributed by atoms with Gasteiger partial charge in [0.1, 0.15) is 0 Å². The average Bonchev–Trinajstić information content (AvgIpc) is 3.22. The normalized spacial score (nSPS) is 12.6. The Morgan fingerprint density at radius 3 is 2.74 bits per heavy atom. The van der Waals surface area contributed by atoms with E-state index in [-0.39, 0.29) is 6.79 Å². The molecule has 0 radical (unpaired) electrons.